The Hall–Kier alpha value is -2.78. The molecule has 0 unspecified atom stereocenters. The van der Waals surface area contributed by atoms with Gasteiger partial charge in [-0.2, -0.15) is 5.10 Å². The number of aliphatic imine (C=N–C) groups is 1. The highest BCUT2D eigenvalue weighted by Crippen LogP contribution is 2.29. The summed E-state index contributed by atoms with van der Waals surface area (Å²) in [6, 6.07) is 11.2. The first-order valence-electron chi connectivity index (χ1n) is 9.64. The van der Waals surface area contributed by atoms with Gasteiger partial charge < -0.3 is 10.1 Å². The van der Waals surface area contributed by atoms with Crippen molar-refractivity contribution in [1.82, 2.24) is 5.43 Å². The third-order valence-corrected chi connectivity index (χ3v) is 6.58. The van der Waals surface area contributed by atoms with Gasteiger partial charge >= 0.3 is 11.8 Å². The smallest absolute Gasteiger partial charge is 0.329 e. The zero-order valence-corrected chi connectivity index (χ0v) is 19.2. The number of aryl methyl sites for hydroxylation is 2. The van der Waals surface area contributed by atoms with E-state index >= 15 is 0 Å². The third kappa shape index (κ3) is 6.86. The number of hydrogen-bond donors (Lipinski definition) is 2. The van der Waals surface area contributed by atoms with Crippen LogP contribution in [-0.2, 0) is 15.3 Å². The number of nitrogens with one attached hydrogen (secondary N) is 2. The Morgan fingerprint density at radius 2 is 1.97 bits per heavy atom. The molecular formula is C22H24N4O3S2. The first-order chi connectivity index (χ1) is 14.9. The lowest BCUT2D eigenvalue weighted by Crippen LogP contribution is -2.32. The quantitative estimate of drug-likeness (QED) is 0.393. The fraction of sp³-hybridized carbons (Fsp3) is 0.273. The molecular weight excluding hydrogens is 432 g/mol. The highest BCUT2D eigenvalue weighted by Gasteiger charge is 2.14. The number of amides is 2. The van der Waals surface area contributed by atoms with Crippen molar-refractivity contribution < 1.29 is 14.3 Å². The topological polar surface area (TPSA) is 92.1 Å². The minimum absolute atomic E-state index is 0.573. The molecule has 0 saturated heterocycles. The van der Waals surface area contributed by atoms with Crippen LogP contribution in [0.25, 0.3) is 0 Å². The van der Waals surface area contributed by atoms with Crippen LogP contribution in [-0.4, -0.2) is 41.8 Å². The van der Waals surface area contributed by atoms with Gasteiger partial charge in [-0.05, 0) is 60.9 Å². The first kappa shape index (κ1) is 22.9. The van der Waals surface area contributed by atoms with E-state index < -0.39 is 11.8 Å². The minimum Gasteiger partial charge on any atom is -0.496 e. The molecule has 0 spiro atoms. The molecule has 0 radical (unpaired) electrons. The van der Waals surface area contributed by atoms with Crippen molar-refractivity contribution in [3.05, 3.63) is 58.7 Å². The Morgan fingerprint density at radius 1 is 1.19 bits per heavy atom. The van der Waals surface area contributed by atoms with Crippen LogP contribution in [0.2, 0.25) is 0 Å². The predicted molar refractivity (Wildman–Crippen MR) is 129 cm³/mol. The summed E-state index contributed by atoms with van der Waals surface area (Å²) in [5.74, 6) is 0.925. The monoisotopic (exact) mass is 456 g/mol. The molecule has 0 aliphatic carbocycles. The zero-order valence-electron chi connectivity index (χ0n) is 17.6. The van der Waals surface area contributed by atoms with Crippen LogP contribution in [0.5, 0.6) is 5.75 Å². The molecule has 2 amide bonds. The molecule has 0 aromatic heterocycles. The van der Waals surface area contributed by atoms with Gasteiger partial charge in [0.05, 0.1) is 19.9 Å². The number of ether oxygens (including phenoxy) is 1. The summed E-state index contributed by atoms with van der Waals surface area (Å²) in [5, 5.41) is 6.49. The number of hydrogen-bond acceptors (Lipinski definition) is 7. The lowest BCUT2D eigenvalue weighted by atomic mass is 10.1. The predicted octanol–water partition coefficient (Wildman–Crippen LogP) is 3.74. The number of thioether (sulfide) groups is 2. The van der Waals surface area contributed by atoms with Crippen LogP contribution < -0.4 is 15.5 Å². The Balaban J connectivity index is 1.58. The van der Waals surface area contributed by atoms with Gasteiger partial charge in [-0.1, -0.05) is 29.6 Å². The molecule has 1 aliphatic rings. The SMILES string of the molecule is COc1ccc(/C=N/NC(=O)C(=O)Nc2cc(C)cc(C)c2)cc1CSC1=NCCS1. The van der Waals surface area contributed by atoms with E-state index in [0.717, 1.165) is 50.4 Å². The van der Waals surface area contributed by atoms with Crippen molar-refractivity contribution in [3.8, 4) is 5.75 Å². The molecule has 0 fully saturated rings. The van der Waals surface area contributed by atoms with Crippen LogP contribution in [0.1, 0.15) is 22.3 Å². The summed E-state index contributed by atoms with van der Waals surface area (Å²) in [4.78, 5) is 28.6. The molecule has 9 heteroatoms. The normalized spacial score (nSPS) is 13.2. The highest BCUT2D eigenvalue weighted by atomic mass is 32.2. The standard InChI is InChI=1S/C22H24N4O3S2/c1-14-8-15(2)10-18(9-14)25-20(27)21(28)26-24-12-16-4-5-19(29-3)17(11-16)13-31-22-23-6-7-30-22/h4-5,8-12H,6-7,13H2,1-3H3,(H,25,27)(H,26,28)/b24-12+. The van der Waals surface area contributed by atoms with Crippen LogP contribution in [0.3, 0.4) is 0 Å². The lowest BCUT2D eigenvalue weighted by Gasteiger charge is -2.09. The van der Waals surface area contributed by atoms with Gasteiger partial charge in [0.1, 0.15) is 10.1 Å². The molecule has 0 saturated carbocycles. The van der Waals surface area contributed by atoms with Crippen molar-refractivity contribution >= 4 is 51.6 Å². The van der Waals surface area contributed by atoms with E-state index in [1.807, 2.05) is 38.1 Å². The van der Waals surface area contributed by atoms with Crippen molar-refractivity contribution in [2.75, 3.05) is 24.7 Å². The number of carbonyl (C=O) groups is 2. The Kier molecular flexibility index (Phi) is 8.13. The van der Waals surface area contributed by atoms with Gasteiger partial charge in [0.15, 0.2) is 0 Å². The fourth-order valence-electron chi connectivity index (χ4n) is 2.98. The molecule has 7 nitrogen and oxygen atoms in total. The van der Waals surface area contributed by atoms with E-state index in [-0.39, 0.29) is 0 Å². The van der Waals surface area contributed by atoms with Crippen LogP contribution in [0.15, 0.2) is 46.5 Å². The van der Waals surface area contributed by atoms with Gasteiger partial charge in [-0.15, -0.1) is 0 Å². The van der Waals surface area contributed by atoms with E-state index in [1.165, 1.54) is 6.21 Å². The van der Waals surface area contributed by atoms with Gasteiger partial charge in [-0.25, -0.2) is 5.43 Å². The summed E-state index contributed by atoms with van der Waals surface area (Å²) in [7, 11) is 1.63. The Labute approximate surface area is 190 Å². The molecule has 31 heavy (non-hydrogen) atoms. The molecule has 0 atom stereocenters. The molecule has 162 valence electrons. The maximum absolute atomic E-state index is 12.1. The van der Waals surface area contributed by atoms with Gasteiger partial charge in [0.2, 0.25) is 0 Å². The van der Waals surface area contributed by atoms with Crippen LogP contribution in [0.4, 0.5) is 5.69 Å². The number of hydrazone groups is 1. The average molecular weight is 457 g/mol. The van der Waals surface area contributed by atoms with Gasteiger partial charge in [-0.3, -0.25) is 14.6 Å². The van der Waals surface area contributed by atoms with Gasteiger partial charge in [0, 0.05) is 22.8 Å². The second-order valence-electron chi connectivity index (χ2n) is 6.89. The van der Waals surface area contributed by atoms with E-state index in [4.69, 9.17) is 4.74 Å². The molecule has 2 N–H and O–H groups in total. The number of rotatable bonds is 6. The van der Waals surface area contributed by atoms with E-state index in [9.17, 15) is 9.59 Å². The molecule has 2 aromatic rings. The number of anilines is 1. The van der Waals surface area contributed by atoms with E-state index in [0.29, 0.717) is 5.69 Å². The number of benzene rings is 2. The Bertz CT molecular complexity index is 1020. The largest absolute Gasteiger partial charge is 0.496 e. The Morgan fingerprint density at radius 3 is 2.65 bits per heavy atom. The van der Waals surface area contributed by atoms with Crippen molar-refractivity contribution in [3.63, 3.8) is 0 Å². The van der Waals surface area contributed by atoms with Crippen molar-refractivity contribution in [2.24, 2.45) is 10.1 Å². The van der Waals surface area contributed by atoms with E-state index in [2.05, 4.69) is 20.8 Å². The lowest BCUT2D eigenvalue weighted by molar-refractivity contribution is -0.136. The third-order valence-electron chi connectivity index (χ3n) is 4.28. The molecule has 2 aromatic carbocycles. The number of methoxy groups -OCH3 is 1. The summed E-state index contributed by atoms with van der Waals surface area (Å²) >= 11 is 3.44. The number of nitrogens with zero attached hydrogens (tertiary/aromatic N) is 2. The summed E-state index contributed by atoms with van der Waals surface area (Å²) in [5.41, 5.74) is 6.63. The second-order valence-corrected chi connectivity index (χ2v) is 9.19. The summed E-state index contributed by atoms with van der Waals surface area (Å²) < 4.78 is 6.52. The minimum atomic E-state index is -0.837. The number of carbonyl (C=O) groups excluding carboxylic acids is 2. The van der Waals surface area contributed by atoms with Crippen molar-refractivity contribution in [2.45, 2.75) is 19.6 Å². The summed E-state index contributed by atoms with van der Waals surface area (Å²) in [6.07, 6.45) is 1.50. The van der Waals surface area contributed by atoms with Crippen molar-refractivity contribution in [1.29, 1.82) is 0 Å². The molecule has 0 bridgehead atoms. The average Bonchev–Trinajstić information content (AvgIpc) is 3.25. The molecule has 3 rings (SSSR count). The molecule has 1 aliphatic heterocycles. The van der Waals surface area contributed by atoms with Gasteiger partial charge in [0.25, 0.3) is 0 Å². The van der Waals surface area contributed by atoms with Crippen LogP contribution >= 0.6 is 23.5 Å². The van der Waals surface area contributed by atoms with E-state index in [1.54, 1.807) is 42.8 Å². The zero-order chi connectivity index (χ0) is 22.2. The first-order valence-corrected chi connectivity index (χ1v) is 11.6. The fourth-order valence-corrected chi connectivity index (χ4v) is 4.97. The molecule has 1 heterocycles. The maximum Gasteiger partial charge on any atom is 0.329 e. The highest BCUT2D eigenvalue weighted by molar-refractivity contribution is 8.38. The maximum atomic E-state index is 12.1. The van der Waals surface area contributed by atoms with Crippen LogP contribution in [0, 0.1) is 13.8 Å². The second kappa shape index (κ2) is 11.0. The summed E-state index contributed by atoms with van der Waals surface area (Å²) in [6.45, 7) is 4.72.